The zero-order valence-corrected chi connectivity index (χ0v) is 12.5. The molecule has 0 bridgehead atoms. The van der Waals surface area contributed by atoms with Crippen LogP contribution in [-0.2, 0) is 9.53 Å². The van der Waals surface area contributed by atoms with Crippen molar-refractivity contribution in [1.82, 2.24) is 0 Å². The van der Waals surface area contributed by atoms with Crippen molar-refractivity contribution in [1.29, 1.82) is 0 Å². The van der Waals surface area contributed by atoms with Crippen LogP contribution in [0.5, 0.6) is 5.75 Å². The van der Waals surface area contributed by atoms with Crippen LogP contribution in [0.15, 0.2) is 59.2 Å². The lowest BCUT2D eigenvalue weighted by Gasteiger charge is -2.03. The van der Waals surface area contributed by atoms with Gasteiger partial charge in [-0.1, -0.05) is 35.9 Å². The first-order valence-electron chi connectivity index (χ1n) is 6.59. The molecule has 4 nitrogen and oxygen atoms in total. The SMILES string of the molecule is COc1ccc(C=C2N=C(c3ccccc3)OC2=O)cc1Cl. The van der Waals surface area contributed by atoms with Crippen molar-refractivity contribution in [3.8, 4) is 5.75 Å². The molecule has 0 saturated carbocycles. The molecule has 22 heavy (non-hydrogen) atoms. The van der Waals surface area contributed by atoms with Gasteiger partial charge in [0.05, 0.1) is 12.1 Å². The molecule has 3 rings (SSSR count). The van der Waals surface area contributed by atoms with Gasteiger partial charge in [-0.3, -0.25) is 0 Å². The van der Waals surface area contributed by atoms with Gasteiger partial charge >= 0.3 is 5.97 Å². The van der Waals surface area contributed by atoms with Crippen LogP contribution in [0.1, 0.15) is 11.1 Å². The van der Waals surface area contributed by atoms with Crippen LogP contribution in [0.25, 0.3) is 6.08 Å². The van der Waals surface area contributed by atoms with Crippen molar-refractivity contribution >= 4 is 29.5 Å². The smallest absolute Gasteiger partial charge is 0.363 e. The summed E-state index contributed by atoms with van der Waals surface area (Å²) in [5, 5.41) is 0.468. The summed E-state index contributed by atoms with van der Waals surface area (Å²) in [6.45, 7) is 0. The first kappa shape index (κ1) is 14.4. The molecular formula is C17H12ClNO3. The maximum absolute atomic E-state index is 11.9. The lowest BCUT2D eigenvalue weighted by atomic mass is 10.2. The molecule has 0 amide bonds. The number of methoxy groups -OCH3 is 1. The Labute approximate surface area is 132 Å². The topological polar surface area (TPSA) is 47.9 Å². The van der Waals surface area contributed by atoms with E-state index < -0.39 is 5.97 Å². The minimum Gasteiger partial charge on any atom is -0.495 e. The number of ether oxygens (including phenoxy) is 2. The van der Waals surface area contributed by atoms with Crippen molar-refractivity contribution in [2.45, 2.75) is 0 Å². The van der Waals surface area contributed by atoms with Crippen LogP contribution in [-0.4, -0.2) is 19.0 Å². The third-order valence-corrected chi connectivity index (χ3v) is 3.42. The van der Waals surface area contributed by atoms with Crippen LogP contribution >= 0.6 is 11.6 Å². The average molecular weight is 314 g/mol. The number of rotatable bonds is 3. The summed E-state index contributed by atoms with van der Waals surface area (Å²) in [6.07, 6.45) is 1.63. The lowest BCUT2D eigenvalue weighted by Crippen LogP contribution is -2.04. The number of esters is 1. The van der Waals surface area contributed by atoms with E-state index in [9.17, 15) is 4.79 Å². The van der Waals surface area contributed by atoms with E-state index in [2.05, 4.69) is 4.99 Å². The van der Waals surface area contributed by atoms with E-state index in [-0.39, 0.29) is 5.70 Å². The molecule has 0 spiro atoms. The van der Waals surface area contributed by atoms with Gasteiger partial charge in [0.15, 0.2) is 5.70 Å². The van der Waals surface area contributed by atoms with E-state index in [0.29, 0.717) is 16.7 Å². The number of hydrogen-bond donors (Lipinski definition) is 0. The Hall–Kier alpha value is -2.59. The molecule has 2 aromatic rings. The number of benzene rings is 2. The fraction of sp³-hybridized carbons (Fsp3) is 0.0588. The molecule has 0 fully saturated rings. The van der Waals surface area contributed by atoms with Gasteiger partial charge in [0.2, 0.25) is 5.90 Å². The highest BCUT2D eigenvalue weighted by atomic mass is 35.5. The van der Waals surface area contributed by atoms with Crippen LogP contribution in [0.3, 0.4) is 0 Å². The third kappa shape index (κ3) is 2.87. The predicted molar refractivity (Wildman–Crippen MR) is 85.1 cm³/mol. The summed E-state index contributed by atoms with van der Waals surface area (Å²) in [7, 11) is 1.55. The minimum absolute atomic E-state index is 0.236. The van der Waals surface area contributed by atoms with Gasteiger partial charge in [-0.15, -0.1) is 0 Å². The van der Waals surface area contributed by atoms with Crippen molar-refractivity contribution < 1.29 is 14.3 Å². The number of cyclic esters (lactones) is 1. The van der Waals surface area contributed by atoms with Gasteiger partial charge in [0, 0.05) is 5.56 Å². The first-order valence-corrected chi connectivity index (χ1v) is 6.96. The summed E-state index contributed by atoms with van der Waals surface area (Å²) in [5.74, 6) is 0.397. The van der Waals surface area contributed by atoms with E-state index in [0.717, 1.165) is 11.1 Å². The Balaban J connectivity index is 1.92. The standard InChI is InChI=1S/C17H12ClNO3/c1-21-15-8-7-11(9-13(15)18)10-14-17(20)22-16(19-14)12-5-3-2-4-6-12/h2-10H,1H3. The average Bonchev–Trinajstić information content (AvgIpc) is 2.89. The number of carbonyl (C=O) groups is 1. The van der Waals surface area contributed by atoms with Gasteiger partial charge in [0.1, 0.15) is 5.75 Å². The zero-order chi connectivity index (χ0) is 15.5. The molecule has 1 aliphatic heterocycles. The molecule has 0 radical (unpaired) electrons. The molecule has 0 aromatic heterocycles. The Morgan fingerprint density at radius 3 is 2.64 bits per heavy atom. The van der Waals surface area contributed by atoms with Crippen LogP contribution in [0.2, 0.25) is 5.02 Å². The fourth-order valence-corrected chi connectivity index (χ4v) is 2.31. The minimum atomic E-state index is -0.481. The summed E-state index contributed by atoms with van der Waals surface area (Å²) in [5.41, 5.74) is 1.74. The van der Waals surface area contributed by atoms with Crippen LogP contribution in [0, 0.1) is 0 Å². The third-order valence-electron chi connectivity index (χ3n) is 3.12. The van der Waals surface area contributed by atoms with Crippen LogP contribution in [0.4, 0.5) is 0 Å². The Bertz CT molecular complexity index is 782. The lowest BCUT2D eigenvalue weighted by molar-refractivity contribution is -0.129. The normalized spacial score (nSPS) is 15.6. The summed E-state index contributed by atoms with van der Waals surface area (Å²) >= 11 is 6.07. The van der Waals surface area contributed by atoms with E-state index in [1.165, 1.54) is 0 Å². The number of hydrogen-bond acceptors (Lipinski definition) is 4. The number of halogens is 1. The Morgan fingerprint density at radius 2 is 1.95 bits per heavy atom. The molecule has 5 heteroatoms. The van der Waals surface area contributed by atoms with Gasteiger partial charge < -0.3 is 9.47 Å². The second kappa shape index (κ2) is 6.03. The second-order valence-electron chi connectivity index (χ2n) is 4.60. The molecule has 110 valence electrons. The van der Waals surface area contributed by atoms with E-state index in [1.807, 2.05) is 30.3 Å². The quantitative estimate of drug-likeness (QED) is 0.641. The van der Waals surface area contributed by atoms with E-state index in [1.54, 1.807) is 31.4 Å². The monoisotopic (exact) mass is 313 g/mol. The maximum Gasteiger partial charge on any atom is 0.363 e. The molecule has 0 atom stereocenters. The van der Waals surface area contributed by atoms with Gasteiger partial charge in [-0.05, 0) is 35.9 Å². The molecule has 0 unspecified atom stereocenters. The highest BCUT2D eigenvalue weighted by Crippen LogP contribution is 2.27. The largest absolute Gasteiger partial charge is 0.495 e. The predicted octanol–water partition coefficient (Wildman–Crippen LogP) is 3.69. The zero-order valence-electron chi connectivity index (χ0n) is 11.7. The molecule has 0 saturated heterocycles. The summed E-state index contributed by atoms with van der Waals surface area (Å²) in [4.78, 5) is 16.1. The summed E-state index contributed by atoms with van der Waals surface area (Å²) < 4.78 is 10.3. The highest BCUT2D eigenvalue weighted by Gasteiger charge is 2.23. The van der Waals surface area contributed by atoms with E-state index in [4.69, 9.17) is 21.1 Å². The van der Waals surface area contributed by atoms with Crippen molar-refractivity contribution in [2.24, 2.45) is 4.99 Å². The van der Waals surface area contributed by atoms with Gasteiger partial charge in [-0.25, -0.2) is 9.79 Å². The van der Waals surface area contributed by atoms with Crippen molar-refractivity contribution in [3.63, 3.8) is 0 Å². The Morgan fingerprint density at radius 1 is 1.18 bits per heavy atom. The molecule has 0 N–H and O–H groups in total. The highest BCUT2D eigenvalue weighted by molar-refractivity contribution is 6.32. The fourth-order valence-electron chi connectivity index (χ4n) is 2.04. The maximum atomic E-state index is 11.9. The molecule has 1 heterocycles. The second-order valence-corrected chi connectivity index (χ2v) is 5.00. The molecule has 2 aromatic carbocycles. The van der Waals surface area contributed by atoms with Gasteiger partial charge in [-0.2, -0.15) is 0 Å². The van der Waals surface area contributed by atoms with Crippen LogP contribution < -0.4 is 4.74 Å². The first-order chi connectivity index (χ1) is 10.7. The number of carbonyl (C=O) groups excluding carboxylic acids is 1. The van der Waals surface area contributed by atoms with Crippen molar-refractivity contribution in [3.05, 3.63) is 70.4 Å². The number of aliphatic imine (C=N–C) groups is 1. The number of nitrogens with zero attached hydrogens (tertiary/aromatic N) is 1. The van der Waals surface area contributed by atoms with E-state index >= 15 is 0 Å². The van der Waals surface area contributed by atoms with Crippen molar-refractivity contribution in [2.75, 3.05) is 7.11 Å². The summed E-state index contributed by atoms with van der Waals surface area (Å²) in [6, 6.07) is 14.5. The van der Waals surface area contributed by atoms with Gasteiger partial charge in [0.25, 0.3) is 0 Å². The molecule has 1 aliphatic rings. The molecule has 0 aliphatic carbocycles. The Kier molecular flexibility index (Phi) is 3.94. The molecular weight excluding hydrogens is 302 g/mol.